The number of nitrogens with one attached hydrogen (secondary N) is 1. The number of H-pyrrole nitrogens is 1. The van der Waals surface area contributed by atoms with E-state index in [1.54, 1.807) is 15.9 Å². The fourth-order valence-corrected chi connectivity index (χ4v) is 4.62. The van der Waals surface area contributed by atoms with Gasteiger partial charge in [-0.1, -0.05) is 24.8 Å². The minimum atomic E-state index is -0.209. The van der Waals surface area contributed by atoms with E-state index in [2.05, 4.69) is 21.6 Å². The zero-order valence-electron chi connectivity index (χ0n) is 13.0. The monoisotopic (exact) mass is 352 g/mol. The minimum Gasteiger partial charge on any atom is -0.334 e. The summed E-state index contributed by atoms with van der Waals surface area (Å²) in [6, 6.07) is 4.34. The quantitative estimate of drug-likeness (QED) is 0.811. The SMILES string of the molecule is CCCn1c(SCC(=O)N2CCC[C@@H]2c2cccs2)n[nH]c1=O. The molecule has 1 aliphatic heterocycles. The van der Waals surface area contributed by atoms with E-state index in [-0.39, 0.29) is 17.6 Å². The van der Waals surface area contributed by atoms with Crippen molar-refractivity contribution in [2.24, 2.45) is 0 Å². The van der Waals surface area contributed by atoms with Gasteiger partial charge in [-0.3, -0.25) is 9.36 Å². The largest absolute Gasteiger partial charge is 0.343 e. The molecule has 1 atom stereocenters. The summed E-state index contributed by atoms with van der Waals surface area (Å²) in [6.07, 6.45) is 2.93. The van der Waals surface area contributed by atoms with Gasteiger partial charge < -0.3 is 4.90 Å². The molecule has 0 radical (unpaired) electrons. The number of hydrogen-bond acceptors (Lipinski definition) is 5. The van der Waals surface area contributed by atoms with Crippen molar-refractivity contribution in [3.8, 4) is 0 Å². The van der Waals surface area contributed by atoms with Crippen LogP contribution in [0.1, 0.15) is 37.1 Å². The number of rotatable bonds is 6. The molecule has 124 valence electrons. The number of nitrogens with zero attached hydrogens (tertiary/aromatic N) is 3. The first-order valence-electron chi connectivity index (χ1n) is 7.81. The standard InChI is InChI=1S/C15H20N4O2S2/c1-2-7-19-14(21)16-17-15(19)23-10-13(20)18-8-3-5-11(18)12-6-4-9-22-12/h4,6,9,11H,2-3,5,7-8,10H2,1H3,(H,16,21)/t11-/m1/s1. The fraction of sp³-hybridized carbons (Fsp3) is 0.533. The summed E-state index contributed by atoms with van der Waals surface area (Å²) >= 11 is 3.04. The Labute approximate surface area is 142 Å². The summed E-state index contributed by atoms with van der Waals surface area (Å²) < 4.78 is 1.60. The van der Waals surface area contributed by atoms with E-state index < -0.39 is 0 Å². The van der Waals surface area contributed by atoms with Crippen molar-refractivity contribution < 1.29 is 4.79 Å². The van der Waals surface area contributed by atoms with Crippen molar-refractivity contribution in [2.75, 3.05) is 12.3 Å². The van der Waals surface area contributed by atoms with Crippen LogP contribution in [0.3, 0.4) is 0 Å². The third-order valence-corrected chi connectivity index (χ3v) is 5.87. The molecule has 1 aliphatic rings. The molecule has 3 rings (SSSR count). The zero-order chi connectivity index (χ0) is 16.2. The Morgan fingerprint density at radius 1 is 1.57 bits per heavy atom. The van der Waals surface area contributed by atoms with Crippen LogP contribution in [0.4, 0.5) is 0 Å². The number of carbonyl (C=O) groups is 1. The van der Waals surface area contributed by atoms with Crippen LogP contribution in [0.5, 0.6) is 0 Å². The molecule has 1 amide bonds. The Kier molecular flexibility index (Phi) is 5.22. The highest BCUT2D eigenvalue weighted by Gasteiger charge is 2.30. The van der Waals surface area contributed by atoms with Gasteiger partial charge in [0.1, 0.15) is 0 Å². The summed E-state index contributed by atoms with van der Waals surface area (Å²) in [4.78, 5) is 27.5. The Morgan fingerprint density at radius 3 is 3.17 bits per heavy atom. The van der Waals surface area contributed by atoms with Crippen molar-refractivity contribution in [2.45, 2.75) is 43.9 Å². The molecule has 1 saturated heterocycles. The number of likely N-dealkylation sites (tertiary alicyclic amines) is 1. The van der Waals surface area contributed by atoms with Crippen LogP contribution in [-0.4, -0.2) is 37.9 Å². The summed E-state index contributed by atoms with van der Waals surface area (Å²) in [5.41, 5.74) is -0.209. The summed E-state index contributed by atoms with van der Waals surface area (Å²) in [7, 11) is 0. The maximum Gasteiger partial charge on any atom is 0.343 e. The Morgan fingerprint density at radius 2 is 2.43 bits per heavy atom. The van der Waals surface area contributed by atoms with Gasteiger partial charge in [-0.15, -0.1) is 16.4 Å². The van der Waals surface area contributed by atoms with Gasteiger partial charge in [0.2, 0.25) is 5.91 Å². The molecule has 0 bridgehead atoms. The van der Waals surface area contributed by atoms with Gasteiger partial charge in [0.25, 0.3) is 0 Å². The maximum atomic E-state index is 12.6. The lowest BCUT2D eigenvalue weighted by Gasteiger charge is -2.23. The normalized spacial score (nSPS) is 17.8. The fourth-order valence-electron chi connectivity index (χ4n) is 2.89. The van der Waals surface area contributed by atoms with Crippen LogP contribution < -0.4 is 5.69 Å². The van der Waals surface area contributed by atoms with Gasteiger partial charge in [0.05, 0.1) is 11.8 Å². The van der Waals surface area contributed by atoms with Gasteiger partial charge in [0.15, 0.2) is 5.16 Å². The lowest BCUT2D eigenvalue weighted by atomic mass is 10.2. The zero-order valence-corrected chi connectivity index (χ0v) is 14.7. The average molecular weight is 352 g/mol. The second-order valence-electron chi connectivity index (χ2n) is 5.51. The summed E-state index contributed by atoms with van der Waals surface area (Å²) in [5, 5.41) is 9.13. The molecule has 0 aliphatic carbocycles. The molecular formula is C15H20N4O2S2. The predicted molar refractivity (Wildman–Crippen MR) is 91.9 cm³/mol. The van der Waals surface area contributed by atoms with Crippen LogP contribution in [0, 0.1) is 0 Å². The topological polar surface area (TPSA) is 71.0 Å². The summed E-state index contributed by atoms with van der Waals surface area (Å²) in [6.45, 7) is 3.44. The molecule has 0 spiro atoms. The van der Waals surface area contributed by atoms with Crippen LogP contribution in [0.15, 0.2) is 27.5 Å². The molecule has 8 heteroatoms. The number of thiophene rings is 1. The number of hydrogen-bond donors (Lipinski definition) is 1. The maximum absolute atomic E-state index is 12.6. The van der Waals surface area contributed by atoms with Crippen molar-refractivity contribution in [1.29, 1.82) is 0 Å². The molecule has 0 saturated carbocycles. The molecule has 6 nitrogen and oxygen atoms in total. The molecule has 2 aromatic rings. The average Bonchev–Trinajstić information content (AvgIpc) is 3.26. The molecule has 3 heterocycles. The Hall–Kier alpha value is -1.54. The van der Waals surface area contributed by atoms with Crippen molar-refractivity contribution in [3.63, 3.8) is 0 Å². The third kappa shape index (κ3) is 3.53. The van der Waals surface area contributed by atoms with E-state index in [1.807, 2.05) is 17.9 Å². The minimum absolute atomic E-state index is 0.115. The van der Waals surface area contributed by atoms with E-state index >= 15 is 0 Å². The van der Waals surface area contributed by atoms with Gasteiger partial charge in [-0.2, -0.15) is 0 Å². The van der Waals surface area contributed by atoms with Gasteiger partial charge in [0, 0.05) is 18.0 Å². The van der Waals surface area contributed by atoms with E-state index in [1.165, 1.54) is 16.6 Å². The highest BCUT2D eigenvalue weighted by molar-refractivity contribution is 7.99. The highest BCUT2D eigenvalue weighted by atomic mass is 32.2. The lowest BCUT2D eigenvalue weighted by Crippen LogP contribution is -2.31. The van der Waals surface area contributed by atoms with Gasteiger partial charge >= 0.3 is 5.69 Å². The second kappa shape index (κ2) is 7.35. The van der Waals surface area contributed by atoms with E-state index in [0.717, 1.165) is 25.8 Å². The highest BCUT2D eigenvalue weighted by Crippen LogP contribution is 2.35. The van der Waals surface area contributed by atoms with Crippen LogP contribution in [0.2, 0.25) is 0 Å². The Balaban J connectivity index is 1.64. The Bertz CT molecular complexity index is 707. The number of carbonyl (C=O) groups excluding carboxylic acids is 1. The molecule has 1 fully saturated rings. The van der Waals surface area contributed by atoms with Crippen LogP contribution in [-0.2, 0) is 11.3 Å². The second-order valence-corrected chi connectivity index (χ2v) is 7.43. The predicted octanol–water partition coefficient (Wildman–Crippen LogP) is 2.50. The van der Waals surface area contributed by atoms with Crippen molar-refractivity contribution in [3.05, 3.63) is 32.9 Å². The van der Waals surface area contributed by atoms with Crippen LogP contribution >= 0.6 is 23.1 Å². The lowest BCUT2D eigenvalue weighted by molar-refractivity contribution is -0.129. The number of aromatic nitrogens is 3. The molecule has 23 heavy (non-hydrogen) atoms. The summed E-state index contributed by atoms with van der Waals surface area (Å²) in [5.74, 6) is 0.431. The van der Waals surface area contributed by atoms with Crippen molar-refractivity contribution >= 4 is 29.0 Å². The molecule has 1 N–H and O–H groups in total. The first-order valence-corrected chi connectivity index (χ1v) is 9.68. The number of aromatic amines is 1. The first-order chi connectivity index (χ1) is 11.2. The van der Waals surface area contributed by atoms with Gasteiger partial charge in [-0.25, -0.2) is 9.89 Å². The van der Waals surface area contributed by atoms with Gasteiger partial charge in [-0.05, 0) is 30.7 Å². The van der Waals surface area contributed by atoms with Crippen molar-refractivity contribution in [1.82, 2.24) is 19.7 Å². The van der Waals surface area contributed by atoms with E-state index in [9.17, 15) is 9.59 Å². The van der Waals surface area contributed by atoms with E-state index in [4.69, 9.17) is 0 Å². The van der Waals surface area contributed by atoms with Crippen LogP contribution in [0.25, 0.3) is 0 Å². The van der Waals surface area contributed by atoms with E-state index in [0.29, 0.717) is 17.5 Å². The number of thioether (sulfide) groups is 1. The molecule has 0 unspecified atom stereocenters. The smallest absolute Gasteiger partial charge is 0.334 e. The first kappa shape index (κ1) is 16.3. The molecule has 0 aromatic carbocycles. The molecular weight excluding hydrogens is 332 g/mol. The number of amides is 1. The third-order valence-electron chi connectivity index (χ3n) is 3.94. The molecule has 2 aromatic heterocycles.